The standard InChI is InChI=1S/C13H17NO2/c15-13(6-10-2-1-5-14-9-10)7-11-3-4-12(8-13)16-11/h1-2,5,9,11-12,15H,3-4,6-8H2. The van der Waals surface area contributed by atoms with Gasteiger partial charge in [0.1, 0.15) is 0 Å². The highest BCUT2D eigenvalue weighted by Crippen LogP contribution is 2.39. The number of rotatable bonds is 2. The van der Waals surface area contributed by atoms with Gasteiger partial charge in [-0.1, -0.05) is 6.07 Å². The summed E-state index contributed by atoms with van der Waals surface area (Å²) in [5, 5.41) is 10.6. The minimum Gasteiger partial charge on any atom is -0.389 e. The van der Waals surface area contributed by atoms with Gasteiger partial charge in [0.05, 0.1) is 17.8 Å². The van der Waals surface area contributed by atoms with E-state index in [1.165, 1.54) is 0 Å². The van der Waals surface area contributed by atoms with Crippen molar-refractivity contribution in [1.29, 1.82) is 0 Å². The fourth-order valence-corrected chi connectivity index (χ4v) is 3.04. The normalized spacial score (nSPS) is 37.6. The summed E-state index contributed by atoms with van der Waals surface area (Å²) in [4.78, 5) is 4.09. The van der Waals surface area contributed by atoms with Crippen LogP contribution in [0.1, 0.15) is 31.2 Å². The van der Waals surface area contributed by atoms with Crippen molar-refractivity contribution in [2.45, 2.75) is 49.9 Å². The van der Waals surface area contributed by atoms with E-state index in [2.05, 4.69) is 4.98 Å². The number of hydrogen-bond donors (Lipinski definition) is 1. The molecular formula is C13H17NO2. The van der Waals surface area contributed by atoms with Gasteiger partial charge in [0, 0.05) is 31.7 Å². The highest BCUT2D eigenvalue weighted by molar-refractivity contribution is 5.13. The van der Waals surface area contributed by atoms with Crippen LogP contribution in [0.2, 0.25) is 0 Å². The van der Waals surface area contributed by atoms with Gasteiger partial charge >= 0.3 is 0 Å². The minimum atomic E-state index is -0.576. The minimum absolute atomic E-state index is 0.278. The van der Waals surface area contributed by atoms with Crippen LogP contribution in [-0.2, 0) is 11.2 Å². The lowest BCUT2D eigenvalue weighted by molar-refractivity contribution is -0.110. The first kappa shape index (κ1) is 10.2. The number of hydrogen-bond acceptors (Lipinski definition) is 3. The van der Waals surface area contributed by atoms with Crippen LogP contribution in [-0.4, -0.2) is 27.9 Å². The summed E-state index contributed by atoms with van der Waals surface area (Å²) in [6.45, 7) is 0. The molecule has 0 amide bonds. The molecule has 0 saturated carbocycles. The maximum atomic E-state index is 10.6. The Morgan fingerprint density at radius 2 is 2.12 bits per heavy atom. The quantitative estimate of drug-likeness (QED) is 0.823. The number of pyridine rings is 1. The van der Waals surface area contributed by atoms with Crippen molar-refractivity contribution in [3.63, 3.8) is 0 Å². The monoisotopic (exact) mass is 219 g/mol. The van der Waals surface area contributed by atoms with Crippen LogP contribution in [0.15, 0.2) is 24.5 Å². The third-order valence-corrected chi connectivity index (χ3v) is 3.67. The van der Waals surface area contributed by atoms with E-state index in [1.807, 2.05) is 18.3 Å². The number of fused-ring (bicyclic) bond motifs is 2. The molecule has 2 unspecified atom stereocenters. The van der Waals surface area contributed by atoms with E-state index in [4.69, 9.17) is 4.74 Å². The molecule has 3 heteroatoms. The van der Waals surface area contributed by atoms with Crippen molar-refractivity contribution in [3.05, 3.63) is 30.1 Å². The zero-order valence-electron chi connectivity index (χ0n) is 9.30. The molecule has 2 aliphatic rings. The summed E-state index contributed by atoms with van der Waals surface area (Å²) in [5.41, 5.74) is 0.541. The third-order valence-electron chi connectivity index (χ3n) is 3.67. The third kappa shape index (κ3) is 1.97. The molecule has 3 nitrogen and oxygen atoms in total. The zero-order valence-corrected chi connectivity index (χ0v) is 9.30. The summed E-state index contributed by atoms with van der Waals surface area (Å²) < 4.78 is 5.75. The van der Waals surface area contributed by atoms with Crippen LogP contribution in [0, 0.1) is 0 Å². The average molecular weight is 219 g/mol. The van der Waals surface area contributed by atoms with Crippen LogP contribution in [0.4, 0.5) is 0 Å². The molecule has 86 valence electrons. The van der Waals surface area contributed by atoms with Gasteiger partial charge in [-0.3, -0.25) is 4.98 Å². The predicted molar refractivity (Wildman–Crippen MR) is 60.0 cm³/mol. The molecule has 3 heterocycles. The lowest BCUT2D eigenvalue weighted by Crippen LogP contribution is -2.42. The zero-order chi connectivity index (χ0) is 11.0. The first-order valence-corrected chi connectivity index (χ1v) is 6.00. The summed E-state index contributed by atoms with van der Waals surface area (Å²) in [6, 6.07) is 3.95. The molecule has 2 atom stereocenters. The number of nitrogens with zero attached hydrogens (tertiary/aromatic N) is 1. The summed E-state index contributed by atoms with van der Waals surface area (Å²) in [5.74, 6) is 0. The Morgan fingerprint density at radius 3 is 2.75 bits per heavy atom. The highest BCUT2D eigenvalue weighted by Gasteiger charge is 2.43. The van der Waals surface area contributed by atoms with Gasteiger partial charge in [0.2, 0.25) is 0 Å². The second kappa shape index (κ2) is 3.82. The fraction of sp³-hybridized carbons (Fsp3) is 0.615. The van der Waals surface area contributed by atoms with E-state index >= 15 is 0 Å². The van der Waals surface area contributed by atoms with E-state index < -0.39 is 5.60 Å². The molecule has 1 aromatic heterocycles. The van der Waals surface area contributed by atoms with E-state index in [0.717, 1.165) is 31.2 Å². The molecule has 2 bridgehead atoms. The van der Waals surface area contributed by atoms with E-state index in [-0.39, 0.29) is 12.2 Å². The highest BCUT2D eigenvalue weighted by atomic mass is 16.5. The Kier molecular flexibility index (Phi) is 2.45. The Labute approximate surface area is 95.5 Å². The molecule has 2 fully saturated rings. The summed E-state index contributed by atoms with van der Waals surface area (Å²) in [6.07, 6.45) is 8.64. The van der Waals surface area contributed by atoms with Crippen LogP contribution in [0.5, 0.6) is 0 Å². The maximum absolute atomic E-state index is 10.6. The molecule has 0 spiro atoms. The van der Waals surface area contributed by atoms with E-state index in [0.29, 0.717) is 6.42 Å². The lowest BCUT2D eigenvalue weighted by atomic mass is 9.85. The molecule has 1 aromatic rings. The topological polar surface area (TPSA) is 42.4 Å². The second-order valence-electron chi connectivity index (χ2n) is 5.13. The molecule has 1 N–H and O–H groups in total. The van der Waals surface area contributed by atoms with Crippen molar-refractivity contribution in [3.8, 4) is 0 Å². The molecule has 0 aromatic carbocycles. The van der Waals surface area contributed by atoms with Gasteiger partial charge in [-0.25, -0.2) is 0 Å². The van der Waals surface area contributed by atoms with Crippen molar-refractivity contribution in [1.82, 2.24) is 4.98 Å². The Hall–Kier alpha value is -0.930. The van der Waals surface area contributed by atoms with E-state index in [1.54, 1.807) is 6.20 Å². The number of aromatic nitrogens is 1. The smallest absolute Gasteiger partial charge is 0.0737 e. The number of ether oxygens (including phenoxy) is 1. The summed E-state index contributed by atoms with van der Waals surface area (Å²) in [7, 11) is 0. The first-order valence-electron chi connectivity index (χ1n) is 6.00. The van der Waals surface area contributed by atoms with Gasteiger partial charge in [0.25, 0.3) is 0 Å². The van der Waals surface area contributed by atoms with Gasteiger partial charge < -0.3 is 9.84 Å². The number of aliphatic hydroxyl groups is 1. The molecule has 3 rings (SSSR count). The van der Waals surface area contributed by atoms with Crippen molar-refractivity contribution < 1.29 is 9.84 Å². The van der Waals surface area contributed by atoms with Crippen LogP contribution < -0.4 is 0 Å². The molecule has 16 heavy (non-hydrogen) atoms. The van der Waals surface area contributed by atoms with Gasteiger partial charge in [0.15, 0.2) is 0 Å². The first-order chi connectivity index (χ1) is 7.73. The molecular weight excluding hydrogens is 202 g/mol. The van der Waals surface area contributed by atoms with Crippen LogP contribution in [0.25, 0.3) is 0 Å². The predicted octanol–water partition coefficient (Wildman–Crippen LogP) is 1.70. The molecule has 0 aliphatic carbocycles. The van der Waals surface area contributed by atoms with E-state index in [9.17, 15) is 5.11 Å². The Morgan fingerprint density at radius 1 is 1.38 bits per heavy atom. The van der Waals surface area contributed by atoms with Gasteiger partial charge in [-0.2, -0.15) is 0 Å². The molecule has 0 radical (unpaired) electrons. The average Bonchev–Trinajstić information content (AvgIpc) is 2.59. The molecule has 2 saturated heterocycles. The largest absolute Gasteiger partial charge is 0.389 e. The lowest BCUT2D eigenvalue weighted by Gasteiger charge is -2.36. The Balaban J connectivity index is 1.74. The SMILES string of the molecule is OC1(Cc2cccnc2)CC2CCC(C1)O2. The summed E-state index contributed by atoms with van der Waals surface area (Å²) >= 11 is 0. The molecule has 2 aliphatic heterocycles. The van der Waals surface area contributed by atoms with Crippen molar-refractivity contribution in [2.24, 2.45) is 0 Å². The van der Waals surface area contributed by atoms with Crippen LogP contribution >= 0.6 is 0 Å². The van der Waals surface area contributed by atoms with Crippen molar-refractivity contribution >= 4 is 0 Å². The van der Waals surface area contributed by atoms with Crippen LogP contribution in [0.3, 0.4) is 0 Å². The van der Waals surface area contributed by atoms with Gasteiger partial charge in [-0.05, 0) is 24.5 Å². The van der Waals surface area contributed by atoms with Crippen molar-refractivity contribution in [2.75, 3.05) is 0 Å². The van der Waals surface area contributed by atoms with Gasteiger partial charge in [-0.15, -0.1) is 0 Å². The fourth-order valence-electron chi connectivity index (χ4n) is 3.04. The maximum Gasteiger partial charge on any atom is 0.0737 e. The Bertz CT molecular complexity index is 353. The second-order valence-corrected chi connectivity index (χ2v) is 5.13.